The fourth-order valence-corrected chi connectivity index (χ4v) is 3.59. The van der Waals surface area contributed by atoms with E-state index >= 15 is 0 Å². The van der Waals surface area contributed by atoms with Crippen LogP contribution in [0.15, 0.2) is 71.6 Å². The Bertz CT molecular complexity index is 1250. The zero-order valence-corrected chi connectivity index (χ0v) is 17.7. The van der Waals surface area contributed by atoms with Crippen molar-refractivity contribution in [1.82, 2.24) is 15.0 Å². The quantitative estimate of drug-likeness (QED) is 0.237. The summed E-state index contributed by atoms with van der Waals surface area (Å²) in [5.74, 6) is 0.331. The summed E-state index contributed by atoms with van der Waals surface area (Å²) in [5.41, 5.74) is 0.957. The van der Waals surface area contributed by atoms with Gasteiger partial charge in [0, 0.05) is 11.6 Å². The molecule has 0 saturated carbocycles. The third kappa shape index (κ3) is 4.55. The predicted octanol–water partition coefficient (Wildman–Crippen LogP) is 4.36. The van der Waals surface area contributed by atoms with E-state index < -0.39 is 11.1 Å². The first-order valence-corrected chi connectivity index (χ1v) is 10.8. The van der Waals surface area contributed by atoms with E-state index in [1.807, 2.05) is 0 Å². The van der Waals surface area contributed by atoms with Crippen LogP contribution in [0.1, 0.15) is 0 Å². The summed E-state index contributed by atoms with van der Waals surface area (Å²) in [6, 6.07) is 17.1. The summed E-state index contributed by atoms with van der Waals surface area (Å²) in [6.45, 7) is 0. The Hall–Kier alpha value is -3.51. The van der Waals surface area contributed by atoms with Gasteiger partial charge in [-0.3, -0.25) is 4.55 Å². The van der Waals surface area contributed by atoms with E-state index in [0.29, 0.717) is 16.7 Å². The number of hydrogen-bond donors (Lipinski definition) is 4. The van der Waals surface area contributed by atoms with Crippen molar-refractivity contribution in [3.8, 4) is 51.4 Å². The predicted molar refractivity (Wildman–Crippen MR) is 119 cm³/mol. The number of phenols is 2. The first-order chi connectivity index (χ1) is 15.5. The molecule has 1 atom stereocenters. The molecule has 0 saturated heterocycles. The second-order valence-electron chi connectivity index (χ2n) is 6.44. The summed E-state index contributed by atoms with van der Waals surface area (Å²) in [4.78, 5) is 13.3. The van der Waals surface area contributed by atoms with E-state index in [1.165, 1.54) is 30.3 Å². The van der Waals surface area contributed by atoms with Crippen LogP contribution >= 0.6 is 12.3 Å². The van der Waals surface area contributed by atoms with Crippen molar-refractivity contribution in [2.24, 2.45) is 0 Å². The van der Waals surface area contributed by atoms with Gasteiger partial charge in [0.1, 0.15) is 17.2 Å². The van der Waals surface area contributed by atoms with Gasteiger partial charge in [0.15, 0.2) is 28.6 Å². The van der Waals surface area contributed by atoms with Gasteiger partial charge in [0.05, 0.1) is 16.0 Å². The van der Waals surface area contributed by atoms with Crippen LogP contribution in [0.4, 0.5) is 0 Å². The topological polar surface area (TPSA) is 146 Å². The van der Waals surface area contributed by atoms with Gasteiger partial charge < -0.3 is 18.9 Å². The second-order valence-corrected chi connectivity index (χ2v) is 7.73. The molecule has 0 aliphatic rings. The molecular weight excluding hydrogens is 454 g/mol. The molecule has 1 heterocycles. The molecule has 0 radical (unpaired) electrons. The van der Waals surface area contributed by atoms with Crippen molar-refractivity contribution in [3.05, 3.63) is 66.7 Å². The third-order valence-electron chi connectivity index (χ3n) is 4.40. The van der Waals surface area contributed by atoms with Crippen LogP contribution in [0.25, 0.3) is 34.2 Å². The molecule has 3 aromatic carbocycles. The minimum absolute atomic E-state index is 0.000166. The zero-order chi connectivity index (χ0) is 22.7. The highest BCUT2D eigenvalue weighted by Gasteiger charge is 2.18. The van der Waals surface area contributed by atoms with Crippen LogP contribution in [-0.4, -0.2) is 38.5 Å². The van der Waals surface area contributed by atoms with Crippen LogP contribution < -0.4 is 4.18 Å². The van der Waals surface area contributed by atoms with E-state index in [4.69, 9.17) is 8.74 Å². The minimum atomic E-state index is -2.34. The van der Waals surface area contributed by atoms with Crippen molar-refractivity contribution in [2.45, 2.75) is 4.90 Å². The maximum absolute atomic E-state index is 11.7. The van der Waals surface area contributed by atoms with Crippen molar-refractivity contribution < 1.29 is 27.7 Å². The molecule has 11 heteroatoms. The molecule has 9 nitrogen and oxygen atoms in total. The number of rotatable bonds is 6. The number of phenolic OH excluding ortho intramolecular Hbond substituents is 2. The van der Waals surface area contributed by atoms with E-state index in [2.05, 4.69) is 15.0 Å². The fourth-order valence-electron chi connectivity index (χ4n) is 2.96. The Kier molecular flexibility index (Phi) is 6.32. The average molecular weight is 470 g/mol. The molecule has 0 aliphatic heterocycles. The lowest BCUT2D eigenvalue weighted by Gasteiger charge is -2.11. The van der Waals surface area contributed by atoms with E-state index in [9.17, 15) is 19.0 Å². The van der Waals surface area contributed by atoms with Crippen LogP contribution in [-0.2, 0) is 11.1 Å². The standard InChI is InChI=1S/C21H15N3O6S2/c25-17-7-3-1-5-15(17)20-22-19(23-21(24-20)16-6-2-4-8-18(16)26)12-9-13(30-31-27)11-14(10-12)32(28)29/h1-11,25-27H,(H,28,29). The lowest BCUT2D eigenvalue weighted by molar-refractivity contribution is 0.477. The molecule has 4 rings (SSSR count). The van der Waals surface area contributed by atoms with Crippen molar-refractivity contribution in [1.29, 1.82) is 0 Å². The van der Waals surface area contributed by atoms with E-state index in [1.54, 1.807) is 36.4 Å². The van der Waals surface area contributed by atoms with Gasteiger partial charge in [-0.1, -0.05) is 24.3 Å². The summed E-state index contributed by atoms with van der Waals surface area (Å²) >= 11 is -2.26. The molecule has 4 aromatic rings. The Balaban J connectivity index is 1.97. The Morgan fingerprint density at radius 2 is 1.31 bits per heavy atom. The number of para-hydroxylation sites is 2. The number of aromatic nitrogens is 3. The lowest BCUT2D eigenvalue weighted by Crippen LogP contribution is -2.01. The lowest BCUT2D eigenvalue weighted by atomic mass is 10.1. The molecule has 1 aromatic heterocycles. The van der Waals surface area contributed by atoms with Gasteiger partial charge in [-0.05, 0) is 36.4 Å². The molecule has 0 fully saturated rings. The number of benzene rings is 3. The summed E-state index contributed by atoms with van der Waals surface area (Å²) in [6.07, 6.45) is 0. The largest absolute Gasteiger partial charge is 0.507 e. The maximum Gasteiger partial charge on any atom is 0.222 e. The second kappa shape index (κ2) is 9.32. The monoisotopic (exact) mass is 469 g/mol. The molecule has 32 heavy (non-hydrogen) atoms. The first kappa shape index (κ1) is 21.7. The SMILES string of the molecule is O=S(O)c1cc(OSO)cc(-c2nc(-c3ccccc3O)nc(-c3ccccc3O)n2)c1. The molecular formula is C21H15N3O6S2. The molecule has 0 amide bonds. The highest BCUT2D eigenvalue weighted by Crippen LogP contribution is 2.33. The van der Waals surface area contributed by atoms with Crippen LogP contribution in [0.5, 0.6) is 17.2 Å². The Labute approximate surface area is 189 Å². The zero-order valence-electron chi connectivity index (χ0n) is 16.1. The highest BCUT2D eigenvalue weighted by molar-refractivity contribution is 7.89. The van der Waals surface area contributed by atoms with Crippen molar-refractivity contribution >= 4 is 23.4 Å². The smallest absolute Gasteiger partial charge is 0.222 e. The first-order valence-electron chi connectivity index (χ1n) is 9.03. The van der Waals surface area contributed by atoms with Crippen molar-refractivity contribution in [3.63, 3.8) is 0 Å². The van der Waals surface area contributed by atoms with E-state index in [-0.39, 0.29) is 51.9 Å². The molecule has 0 spiro atoms. The molecule has 4 N–H and O–H groups in total. The Morgan fingerprint density at radius 1 is 0.781 bits per heavy atom. The van der Waals surface area contributed by atoms with Crippen LogP contribution in [0.2, 0.25) is 0 Å². The van der Waals surface area contributed by atoms with Gasteiger partial charge in [-0.15, -0.1) is 0 Å². The third-order valence-corrected chi connectivity index (χ3v) is 5.30. The average Bonchev–Trinajstić information content (AvgIpc) is 2.79. The van der Waals surface area contributed by atoms with Crippen LogP contribution in [0, 0.1) is 0 Å². The maximum atomic E-state index is 11.7. The molecule has 162 valence electrons. The summed E-state index contributed by atoms with van der Waals surface area (Å²) in [7, 11) is 0. The van der Waals surface area contributed by atoms with Crippen molar-refractivity contribution in [2.75, 3.05) is 0 Å². The summed E-state index contributed by atoms with van der Waals surface area (Å²) < 4.78 is 35.2. The van der Waals surface area contributed by atoms with Crippen LogP contribution in [0.3, 0.4) is 0 Å². The van der Waals surface area contributed by atoms with E-state index in [0.717, 1.165) is 0 Å². The van der Waals surface area contributed by atoms with Gasteiger partial charge in [-0.2, -0.15) is 0 Å². The molecule has 0 aliphatic carbocycles. The number of aromatic hydroxyl groups is 2. The normalized spacial score (nSPS) is 11.8. The summed E-state index contributed by atoms with van der Waals surface area (Å²) in [5, 5.41) is 20.6. The van der Waals surface area contributed by atoms with Gasteiger partial charge in [0.25, 0.3) is 0 Å². The van der Waals surface area contributed by atoms with Gasteiger partial charge in [0.2, 0.25) is 12.3 Å². The minimum Gasteiger partial charge on any atom is -0.507 e. The van der Waals surface area contributed by atoms with Gasteiger partial charge >= 0.3 is 0 Å². The fraction of sp³-hybridized carbons (Fsp3) is 0. The highest BCUT2D eigenvalue weighted by atomic mass is 32.2. The molecule has 0 bridgehead atoms. The van der Waals surface area contributed by atoms with Gasteiger partial charge in [-0.25, -0.2) is 19.2 Å². The molecule has 1 unspecified atom stereocenters. The number of hydrogen-bond acceptors (Lipinski definition) is 9. The number of nitrogens with zero attached hydrogens (tertiary/aromatic N) is 3. The Morgan fingerprint density at radius 3 is 1.81 bits per heavy atom.